The van der Waals surface area contributed by atoms with Crippen LogP contribution in [0.25, 0.3) is 5.57 Å². The number of hydrogen-bond acceptors (Lipinski definition) is 31. The minimum Gasteiger partial charge on any atom is -0.466 e. The maximum atomic E-state index is 12.5. The number of ketones is 3. The van der Waals surface area contributed by atoms with E-state index in [0.29, 0.717) is 101 Å². The van der Waals surface area contributed by atoms with Gasteiger partial charge in [0.25, 0.3) is 17.7 Å². The third-order valence-corrected chi connectivity index (χ3v) is 18.3. The molecule has 0 bridgehead atoms. The highest BCUT2D eigenvalue weighted by atomic mass is 16.5. The fraction of sp³-hybridized carbons (Fsp3) is 0.200. The van der Waals surface area contributed by atoms with Crippen molar-refractivity contribution in [3.63, 3.8) is 0 Å². The van der Waals surface area contributed by atoms with E-state index in [1.807, 2.05) is 116 Å². The van der Waals surface area contributed by atoms with E-state index in [9.17, 15) is 52.7 Å². The van der Waals surface area contributed by atoms with Gasteiger partial charge in [0.1, 0.15) is 13.0 Å². The molecule has 0 radical (unpaired) electrons. The minimum atomic E-state index is -0.491. The first-order valence-corrected chi connectivity index (χ1v) is 45.1. The van der Waals surface area contributed by atoms with E-state index in [4.69, 9.17) is 34.6 Å². The number of hydrogen-bond donors (Lipinski definition) is 5. The van der Waals surface area contributed by atoms with Gasteiger partial charge in [0, 0.05) is 220 Å². The van der Waals surface area contributed by atoms with Crippen molar-refractivity contribution in [1.29, 1.82) is 0 Å². The Morgan fingerprint density at radius 2 is 0.722 bits per heavy atom. The second kappa shape index (κ2) is 75.4. The summed E-state index contributed by atoms with van der Waals surface area (Å²) in [7, 11) is 1.35. The van der Waals surface area contributed by atoms with Gasteiger partial charge in [-0.25, -0.2) is 14.4 Å². The molecule has 0 aliphatic rings. The average molecular weight is 1960 g/mol. The standard InChI is InChI=1S/C17H18N2O.2C12H9NO.C10H14N2O3.C10H11NO3.C9H11NO2.C9H9NO2.C8H10N2O2.C8H9NO2.C8H11NO.C7H7NO2/c1-3-19(13-15-9-11-18-12-10-15)17(20)14(2)16-7-5-4-6-8-16;14-12(10-5-2-1-3-6-10)11-7-4-8-13-9-11;14-12(10-4-2-1-3-5-10)11-6-8-13-9-7-11;13-7-5-12(6-8-14)10(15)9-1-3-11-4-2-9;1-2-14-10(13)7-9(12)8-3-5-11-6-4-8;1-2-12-9(11)7-8-3-5-10-6-4-8;1-2-7-12-9(11)8-3-5-10-6-4-8;11-6-5-10-8(12)7-1-3-9-4-2-7;1-2-11-8(10)7-3-5-9-6-4-7;10-6-2-4-8-3-1-5-9-7-8;1-10-7(9)6-2-4-8-5-3-6/h4-12H,2-3,13H2,1H3;2*1-9H;1-4,13-14H,5-8H2;3-6H,2,7H2,1H3;3-6H,2,7H2,1H3;2-6H,1,7H2;1-4,11H,5-6H2,(H,10,12);3-6H,2H2,1H3;1,3,5,7,10H,2,4,6H2;2-5H,1H3. The lowest BCUT2D eigenvalue weighted by atomic mass is 10.1. The molecule has 34 heteroatoms. The number of ether oxygens (including phenoxy) is 5. The lowest BCUT2D eigenvalue weighted by molar-refractivity contribution is -0.143. The average Bonchev–Trinajstić information content (AvgIpc) is 0.827. The van der Waals surface area contributed by atoms with Crippen LogP contribution in [0.5, 0.6) is 0 Å². The van der Waals surface area contributed by atoms with Crippen LogP contribution >= 0.6 is 0 Å². The molecule has 0 unspecified atom stereocenters. The summed E-state index contributed by atoms with van der Waals surface area (Å²) < 4.78 is 23.5. The molecule has 0 aliphatic heterocycles. The van der Waals surface area contributed by atoms with Crippen LogP contribution in [0.15, 0.2) is 380 Å². The van der Waals surface area contributed by atoms with Crippen molar-refractivity contribution in [3.8, 4) is 0 Å². The molecule has 0 saturated carbocycles. The second-order valence-corrected chi connectivity index (χ2v) is 28.6. The van der Waals surface area contributed by atoms with Crippen molar-refractivity contribution in [2.24, 2.45) is 0 Å². The zero-order valence-electron chi connectivity index (χ0n) is 80.7. The Morgan fingerprint density at radius 3 is 1.12 bits per heavy atom. The molecule has 0 spiro atoms. The maximum Gasteiger partial charge on any atom is 0.338 e. The van der Waals surface area contributed by atoms with Gasteiger partial charge in [-0.3, -0.25) is 93.2 Å². The molecule has 11 aromatic heterocycles. The van der Waals surface area contributed by atoms with Crippen LogP contribution in [0, 0.1) is 0 Å². The molecule has 3 amide bonds. The lowest BCUT2D eigenvalue weighted by Crippen LogP contribution is -2.35. The molecule has 5 N–H and O–H groups in total. The highest BCUT2D eigenvalue weighted by Gasteiger charge is 2.19. The Labute approximate surface area is 836 Å². The molecule has 34 nitrogen and oxygen atoms in total. The van der Waals surface area contributed by atoms with Gasteiger partial charge in [0.15, 0.2) is 17.3 Å². The zero-order valence-corrected chi connectivity index (χ0v) is 80.7. The van der Waals surface area contributed by atoms with Crippen LogP contribution in [0.1, 0.15) is 157 Å². The predicted molar refractivity (Wildman–Crippen MR) is 542 cm³/mol. The molecule has 0 aliphatic carbocycles. The number of aromatic nitrogens is 11. The highest BCUT2D eigenvalue weighted by molar-refractivity contribution is 6.18. The molecule has 3 aromatic carbocycles. The molecule has 11 heterocycles. The Balaban J connectivity index is 0.000000332. The van der Waals surface area contributed by atoms with Crippen LogP contribution in [0.4, 0.5) is 0 Å². The van der Waals surface area contributed by atoms with Crippen LogP contribution in [-0.4, -0.2) is 236 Å². The molecule has 0 saturated heterocycles. The first-order chi connectivity index (χ1) is 70.1. The van der Waals surface area contributed by atoms with E-state index in [2.05, 4.69) is 82.8 Å². The monoisotopic (exact) mass is 1950 g/mol. The Hall–Kier alpha value is -17.6. The largest absolute Gasteiger partial charge is 0.466 e. The highest BCUT2D eigenvalue weighted by Crippen LogP contribution is 2.18. The number of aliphatic hydroxyl groups excluding tert-OH is 4. The number of rotatable bonds is 33. The van der Waals surface area contributed by atoms with Gasteiger partial charge in [-0.15, -0.1) is 0 Å². The molecule has 14 aromatic rings. The summed E-state index contributed by atoms with van der Waals surface area (Å²) in [6, 6.07) is 65.5. The van der Waals surface area contributed by atoms with Crippen molar-refractivity contribution in [1.82, 2.24) is 69.9 Å². The first kappa shape index (κ1) is 119. The number of pyridine rings is 11. The van der Waals surface area contributed by atoms with E-state index < -0.39 is 5.97 Å². The quantitative estimate of drug-likeness (QED) is 0.00637. The molecule has 144 heavy (non-hydrogen) atoms. The minimum absolute atomic E-state index is 0.0127. The Morgan fingerprint density at radius 1 is 0.347 bits per heavy atom. The second-order valence-electron chi connectivity index (χ2n) is 28.6. The van der Waals surface area contributed by atoms with Crippen molar-refractivity contribution >= 4 is 70.5 Å². The normalized spacial score (nSPS) is 9.56. The molecular weight excluding hydrogens is 1840 g/mol. The van der Waals surface area contributed by atoms with E-state index in [0.717, 1.165) is 29.5 Å². The van der Waals surface area contributed by atoms with Crippen molar-refractivity contribution < 1.29 is 96.9 Å². The van der Waals surface area contributed by atoms with Gasteiger partial charge in [-0.05, 0) is 190 Å². The molecule has 14 rings (SSSR count). The lowest BCUT2D eigenvalue weighted by Gasteiger charge is -2.22. The summed E-state index contributed by atoms with van der Waals surface area (Å²) in [6.07, 6.45) is 38.7. The third-order valence-electron chi connectivity index (χ3n) is 18.3. The van der Waals surface area contributed by atoms with Gasteiger partial charge < -0.3 is 59.2 Å². The van der Waals surface area contributed by atoms with E-state index in [1.165, 1.54) is 48.4 Å². The van der Waals surface area contributed by atoms with Gasteiger partial charge in [0.05, 0.1) is 69.9 Å². The van der Waals surface area contributed by atoms with Gasteiger partial charge in [-0.2, -0.15) is 0 Å². The topological polar surface area (TPSA) is 475 Å². The smallest absolute Gasteiger partial charge is 0.338 e. The number of carbonyl (C=O) groups is 11. The number of esters is 5. The summed E-state index contributed by atoms with van der Waals surface area (Å²) in [6.45, 7) is 17.9. The molecular formula is C110H118N14O20. The number of likely N-dealkylation sites (N-methyl/N-ethyl adjacent to an activating group) is 1. The number of nitrogens with zero attached hydrogens (tertiary/aromatic N) is 13. The zero-order chi connectivity index (χ0) is 105. The van der Waals surface area contributed by atoms with Gasteiger partial charge >= 0.3 is 29.8 Å². The molecule has 0 fully saturated rings. The number of benzene rings is 3. The number of amides is 3. The van der Waals surface area contributed by atoms with Gasteiger partial charge in [0.2, 0.25) is 0 Å². The Kier molecular flexibility index (Phi) is 62.2. The van der Waals surface area contributed by atoms with Crippen LogP contribution in [0.3, 0.4) is 0 Å². The molecule has 748 valence electrons. The first-order valence-electron chi connectivity index (χ1n) is 45.1. The Bertz CT molecular complexity index is 5760. The maximum absolute atomic E-state index is 12.5. The fourth-order valence-electron chi connectivity index (χ4n) is 11.2. The fourth-order valence-corrected chi connectivity index (χ4v) is 11.2. The van der Waals surface area contributed by atoms with Gasteiger partial charge in [-0.1, -0.05) is 116 Å². The SMILES string of the molecule is C=C(C(=O)N(CC)Cc1ccncc1)c1ccccc1.C=CCOC(=O)c1ccncc1.CCOC(=O)CC(=O)c1ccncc1.CCOC(=O)Cc1ccncc1.CCOC(=O)c1ccncc1.COC(=O)c1ccncc1.O=C(NCCO)c1ccncc1.O=C(c1ccccc1)c1cccnc1.O=C(c1ccccc1)c1ccncc1.O=C(c1ccncc1)N(CCO)CCO.OCCCc1cccnc1. The van der Waals surface area contributed by atoms with E-state index in [-0.39, 0.29) is 118 Å². The summed E-state index contributed by atoms with van der Waals surface area (Å²) in [5, 5.41) is 37.0. The van der Waals surface area contributed by atoms with Crippen molar-refractivity contribution in [2.45, 2.75) is 59.9 Å². The summed E-state index contributed by atoms with van der Waals surface area (Å²) in [5.41, 5.74) is 10.4. The number of carbonyl (C=O) groups excluding carboxylic acids is 11. The number of methoxy groups -OCH3 is 1. The summed E-state index contributed by atoms with van der Waals surface area (Å²) in [5.74, 6) is -2.28. The third kappa shape index (κ3) is 50.6. The van der Waals surface area contributed by atoms with Crippen molar-refractivity contribution in [3.05, 3.63) is 458 Å². The van der Waals surface area contributed by atoms with Crippen LogP contribution in [-0.2, 0) is 57.5 Å². The van der Waals surface area contributed by atoms with Crippen molar-refractivity contribution in [2.75, 3.05) is 86.1 Å². The number of aliphatic hydroxyl groups is 4. The van der Waals surface area contributed by atoms with E-state index in [1.54, 1.807) is 252 Å². The molecule has 0 atom stereocenters. The number of nitrogens with one attached hydrogen (secondary N) is 1. The van der Waals surface area contributed by atoms with E-state index >= 15 is 0 Å². The summed E-state index contributed by atoms with van der Waals surface area (Å²) in [4.78, 5) is 171. The predicted octanol–water partition coefficient (Wildman–Crippen LogP) is 14.0. The summed E-state index contributed by atoms with van der Waals surface area (Å²) >= 11 is 0. The number of Topliss-reactive ketones (excluding diaryl/α,β-unsaturated/α-hetero) is 1. The number of aryl methyl sites for hydroxylation is 1. The van der Waals surface area contributed by atoms with Crippen LogP contribution in [0.2, 0.25) is 0 Å². The van der Waals surface area contributed by atoms with Crippen LogP contribution < -0.4 is 5.32 Å².